The van der Waals surface area contributed by atoms with Crippen molar-refractivity contribution in [2.24, 2.45) is 0 Å². The van der Waals surface area contributed by atoms with Crippen LogP contribution in [0.4, 0.5) is 0 Å². The van der Waals surface area contributed by atoms with Gasteiger partial charge in [0, 0.05) is 0 Å². The average Bonchev–Trinajstić information content (AvgIpc) is 3.31. The van der Waals surface area contributed by atoms with Gasteiger partial charge >= 0.3 is 5.97 Å². The molecule has 124 valence electrons. The normalized spacial score (nSPS) is 13.2. The van der Waals surface area contributed by atoms with Gasteiger partial charge in [-0.3, -0.25) is 9.59 Å². The van der Waals surface area contributed by atoms with Crippen LogP contribution in [0.15, 0.2) is 47.1 Å². The highest BCUT2D eigenvalue weighted by molar-refractivity contribution is 7.19. The lowest BCUT2D eigenvalue weighted by atomic mass is 10.1. The van der Waals surface area contributed by atoms with Gasteiger partial charge in [-0.1, -0.05) is 34.0 Å². The van der Waals surface area contributed by atoms with E-state index in [-0.39, 0.29) is 22.5 Å². The maximum absolute atomic E-state index is 12.4. The minimum absolute atomic E-state index is 0.0185. The van der Waals surface area contributed by atoms with E-state index in [2.05, 4.69) is 5.16 Å². The van der Waals surface area contributed by atoms with E-state index in [9.17, 15) is 14.4 Å². The van der Waals surface area contributed by atoms with E-state index in [0.29, 0.717) is 14.3 Å². The van der Waals surface area contributed by atoms with Crippen molar-refractivity contribution >= 4 is 40.7 Å². The molecule has 0 bridgehead atoms. The molecule has 0 unspecified atom stereocenters. The van der Waals surface area contributed by atoms with Gasteiger partial charge in [0.15, 0.2) is 5.76 Å². The third-order valence-electron chi connectivity index (χ3n) is 3.52. The predicted octanol–water partition coefficient (Wildman–Crippen LogP) is 3.42. The summed E-state index contributed by atoms with van der Waals surface area (Å²) >= 11 is 7.07. The van der Waals surface area contributed by atoms with Gasteiger partial charge in [-0.2, -0.15) is 0 Å². The van der Waals surface area contributed by atoms with E-state index >= 15 is 0 Å². The number of amides is 2. The fourth-order valence-corrected chi connectivity index (χ4v) is 3.42. The van der Waals surface area contributed by atoms with E-state index in [1.165, 1.54) is 23.5 Å². The van der Waals surface area contributed by atoms with Crippen molar-refractivity contribution in [1.29, 1.82) is 0 Å². The number of hydrogen-bond acceptors (Lipinski definition) is 7. The van der Waals surface area contributed by atoms with Crippen LogP contribution in [0.2, 0.25) is 4.34 Å². The molecule has 1 aromatic carbocycles. The third kappa shape index (κ3) is 2.51. The molecular formula is C16H7ClN2O5S. The Bertz CT molecular complexity index is 990. The predicted molar refractivity (Wildman–Crippen MR) is 87.2 cm³/mol. The Balaban J connectivity index is 1.61. The maximum atomic E-state index is 12.4. The van der Waals surface area contributed by atoms with Crippen molar-refractivity contribution in [3.05, 3.63) is 63.6 Å². The summed E-state index contributed by atoms with van der Waals surface area (Å²) in [6.45, 7) is 0. The zero-order chi connectivity index (χ0) is 17.6. The van der Waals surface area contributed by atoms with Crippen molar-refractivity contribution < 1.29 is 23.7 Å². The van der Waals surface area contributed by atoms with Crippen LogP contribution in [0, 0.1) is 0 Å². The van der Waals surface area contributed by atoms with Crippen LogP contribution in [0.25, 0.3) is 10.6 Å². The zero-order valence-corrected chi connectivity index (χ0v) is 13.8. The molecule has 4 rings (SSSR count). The Labute approximate surface area is 149 Å². The van der Waals surface area contributed by atoms with Gasteiger partial charge < -0.3 is 9.36 Å². The minimum atomic E-state index is -0.935. The number of fused-ring (bicyclic) bond motifs is 1. The van der Waals surface area contributed by atoms with Crippen molar-refractivity contribution in [3.8, 4) is 10.6 Å². The standard InChI is InChI=1S/C16H7ClN2O5S/c17-12-6-5-11(25-12)13-10(7-18-23-13)16(22)24-19-14(20)8-3-1-2-4-9(8)15(19)21/h1-7H. The highest BCUT2D eigenvalue weighted by Gasteiger charge is 2.39. The third-order valence-corrected chi connectivity index (χ3v) is 4.75. The first kappa shape index (κ1) is 15.6. The number of imide groups is 1. The molecule has 7 nitrogen and oxygen atoms in total. The molecule has 3 heterocycles. The number of thiophene rings is 1. The van der Waals surface area contributed by atoms with Crippen LogP contribution < -0.4 is 0 Å². The second kappa shape index (κ2) is 5.83. The molecule has 0 saturated carbocycles. The highest BCUT2D eigenvalue weighted by atomic mass is 35.5. The van der Waals surface area contributed by atoms with Crippen LogP contribution in [0.5, 0.6) is 0 Å². The molecule has 0 aliphatic carbocycles. The minimum Gasteiger partial charge on any atom is -0.354 e. The van der Waals surface area contributed by atoms with Gasteiger partial charge in [-0.25, -0.2) is 4.79 Å². The lowest BCUT2D eigenvalue weighted by Crippen LogP contribution is -2.32. The number of hydrogen-bond donors (Lipinski definition) is 0. The molecule has 1 aliphatic rings. The van der Waals surface area contributed by atoms with Crippen LogP contribution in [-0.4, -0.2) is 28.0 Å². The molecule has 0 N–H and O–H groups in total. The molecule has 1 aliphatic heterocycles. The van der Waals surface area contributed by atoms with Gasteiger partial charge in [0.2, 0.25) is 0 Å². The molecule has 3 aromatic rings. The molecule has 0 spiro atoms. The summed E-state index contributed by atoms with van der Waals surface area (Å²) in [6, 6.07) is 9.52. The summed E-state index contributed by atoms with van der Waals surface area (Å²) < 4.78 is 5.58. The number of rotatable bonds is 3. The molecule has 0 saturated heterocycles. The van der Waals surface area contributed by atoms with Crippen molar-refractivity contribution in [1.82, 2.24) is 10.2 Å². The van der Waals surface area contributed by atoms with Crippen LogP contribution in [-0.2, 0) is 4.84 Å². The Morgan fingerprint density at radius 2 is 1.80 bits per heavy atom. The first-order chi connectivity index (χ1) is 12.1. The summed E-state index contributed by atoms with van der Waals surface area (Å²) in [6.07, 6.45) is 1.16. The van der Waals surface area contributed by atoms with Crippen molar-refractivity contribution in [3.63, 3.8) is 0 Å². The van der Waals surface area contributed by atoms with E-state index in [1.54, 1.807) is 24.3 Å². The number of aromatic nitrogens is 1. The summed E-state index contributed by atoms with van der Waals surface area (Å²) in [5, 5.41) is 4.02. The number of carbonyl (C=O) groups is 3. The molecule has 0 radical (unpaired) electrons. The van der Waals surface area contributed by atoms with E-state index in [4.69, 9.17) is 21.0 Å². The van der Waals surface area contributed by atoms with Gasteiger partial charge in [0.1, 0.15) is 5.56 Å². The summed E-state index contributed by atoms with van der Waals surface area (Å²) in [5.74, 6) is -2.19. The fourth-order valence-electron chi connectivity index (χ4n) is 2.38. The Hall–Kier alpha value is -2.97. The molecule has 0 fully saturated rings. The number of nitrogens with zero attached hydrogens (tertiary/aromatic N) is 2. The monoisotopic (exact) mass is 374 g/mol. The van der Waals surface area contributed by atoms with Crippen LogP contribution in [0.1, 0.15) is 31.1 Å². The van der Waals surface area contributed by atoms with E-state index in [0.717, 1.165) is 6.20 Å². The first-order valence-corrected chi connectivity index (χ1v) is 8.16. The Morgan fingerprint density at radius 1 is 1.12 bits per heavy atom. The molecule has 0 atom stereocenters. The molecule has 25 heavy (non-hydrogen) atoms. The fraction of sp³-hybridized carbons (Fsp3) is 0. The van der Waals surface area contributed by atoms with Crippen molar-refractivity contribution in [2.75, 3.05) is 0 Å². The summed E-state index contributed by atoms with van der Waals surface area (Å²) in [7, 11) is 0. The van der Waals surface area contributed by atoms with Gasteiger partial charge in [0.25, 0.3) is 11.8 Å². The van der Waals surface area contributed by atoms with E-state index < -0.39 is 17.8 Å². The van der Waals surface area contributed by atoms with Gasteiger partial charge in [-0.05, 0) is 24.3 Å². The second-order valence-electron chi connectivity index (χ2n) is 5.00. The molecule has 2 amide bonds. The van der Waals surface area contributed by atoms with Gasteiger partial charge in [0.05, 0.1) is 26.5 Å². The zero-order valence-electron chi connectivity index (χ0n) is 12.3. The number of halogens is 1. The summed E-state index contributed by atoms with van der Waals surface area (Å²) in [5.41, 5.74) is 0.335. The quantitative estimate of drug-likeness (QED) is 0.652. The lowest BCUT2D eigenvalue weighted by molar-refractivity contribution is -0.0584. The topological polar surface area (TPSA) is 89.7 Å². The lowest BCUT2D eigenvalue weighted by Gasteiger charge is -2.11. The average molecular weight is 375 g/mol. The smallest absolute Gasteiger partial charge is 0.354 e. The van der Waals surface area contributed by atoms with Crippen molar-refractivity contribution in [2.45, 2.75) is 0 Å². The van der Waals surface area contributed by atoms with E-state index in [1.807, 2.05) is 0 Å². The number of hydroxylamine groups is 2. The van der Waals surface area contributed by atoms with Gasteiger partial charge in [-0.15, -0.1) is 11.3 Å². The first-order valence-electron chi connectivity index (χ1n) is 6.97. The van der Waals surface area contributed by atoms with Crippen LogP contribution in [0.3, 0.4) is 0 Å². The number of carbonyl (C=O) groups excluding carboxylic acids is 3. The molecular weight excluding hydrogens is 368 g/mol. The number of benzene rings is 1. The van der Waals surface area contributed by atoms with Crippen LogP contribution >= 0.6 is 22.9 Å². The maximum Gasteiger partial charge on any atom is 0.369 e. The molecule has 9 heteroatoms. The summed E-state index contributed by atoms with van der Waals surface area (Å²) in [4.78, 5) is 42.5. The second-order valence-corrected chi connectivity index (χ2v) is 6.72. The Kier molecular flexibility index (Phi) is 3.63. The largest absolute Gasteiger partial charge is 0.369 e. The highest BCUT2D eigenvalue weighted by Crippen LogP contribution is 2.33. The Morgan fingerprint density at radius 3 is 2.40 bits per heavy atom. The molecule has 2 aromatic heterocycles. The SMILES string of the molecule is O=C(ON1C(=O)c2ccccc2C1=O)c1cnoc1-c1ccc(Cl)s1.